The number of rotatable bonds is 3. The van der Waals surface area contributed by atoms with Crippen LogP contribution >= 0.6 is 0 Å². The molecule has 3 aromatic rings. The van der Waals surface area contributed by atoms with Gasteiger partial charge >= 0.3 is 12.4 Å². The summed E-state index contributed by atoms with van der Waals surface area (Å²) in [5, 5.41) is 2.55. The van der Waals surface area contributed by atoms with Crippen LogP contribution in [0.4, 0.5) is 32.0 Å². The number of nitrogens with zero attached hydrogens (tertiary/aromatic N) is 1. The van der Waals surface area contributed by atoms with Crippen molar-refractivity contribution in [3.8, 4) is 0 Å². The number of aromatic nitrogens is 2. The number of imidazole rings is 1. The number of alkyl halides is 6. The van der Waals surface area contributed by atoms with E-state index in [1.54, 1.807) is 24.3 Å². The van der Waals surface area contributed by atoms with Gasteiger partial charge in [0.15, 0.2) is 0 Å². The molecule has 0 saturated heterocycles. The van der Waals surface area contributed by atoms with Gasteiger partial charge in [-0.2, -0.15) is 26.3 Å². The van der Waals surface area contributed by atoms with Crippen molar-refractivity contribution < 1.29 is 26.3 Å². The highest BCUT2D eigenvalue weighted by Gasteiger charge is 2.36. The van der Waals surface area contributed by atoms with Crippen LogP contribution in [0.25, 0.3) is 11.0 Å². The highest BCUT2D eigenvalue weighted by Crippen LogP contribution is 2.37. The topological polar surface area (TPSA) is 40.7 Å². The zero-order valence-electron chi connectivity index (χ0n) is 12.5. The van der Waals surface area contributed by atoms with Gasteiger partial charge in [0.1, 0.15) is 5.82 Å². The molecule has 0 saturated carbocycles. The SMILES string of the molecule is FC(F)(F)c1cc(NCc2nc3ccccc3[nH]2)cc(C(F)(F)F)c1. The van der Waals surface area contributed by atoms with Gasteiger partial charge in [-0.25, -0.2) is 4.98 Å². The van der Waals surface area contributed by atoms with E-state index in [0.29, 0.717) is 23.5 Å². The quantitative estimate of drug-likeness (QED) is 0.630. The summed E-state index contributed by atoms with van der Waals surface area (Å²) in [5.74, 6) is 0.396. The molecule has 0 radical (unpaired) electrons. The van der Waals surface area contributed by atoms with E-state index in [2.05, 4.69) is 15.3 Å². The van der Waals surface area contributed by atoms with Crippen LogP contribution in [-0.4, -0.2) is 9.97 Å². The molecule has 132 valence electrons. The zero-order chi connectivity index (χ0) is 18.2. The molecule has 0 unspecified atom stereocenters. The van der Waals surface area contributed by atoms with Crippen molar-refractivity contribution in [2.24, 2.45) is 0 Å². The predicted molar refractivity (Wildman–Crippen MR) is 79.9 cm³/mol. The molecule has 9 heteroatoms. The van der Waals surface area contributed by atoms with Gasteiger partial charge in [0.25, 0.3) is 0 Å². The van der Waals surface area contributed by atoms with E-state index < -0.39 is 23.5 Å². The molecule has 1 aromatic heterocycles. The van der Waals surface area contributed by atoms with E-state index >= 15 is 0 Å². The number of fused-ring (bicyclic) bond motifs is 1. The minimum atomic E-state index is -4.88. The summed E-state index contributed by atoms with van der Waals surface area (Å²) in [6.45, 7) is -0.0483. The van der Waals surface area contributed by atoms with Crippen molar-refractivity contribution in [2.75, 3.05) is 5.32 Å². The number of anilines is 1. The Labute approximate surface area is 137 Å². The van der Waals surface area contributed by atoms with Crippen LogP contribution in [0.15, 0.2) is 42.5 Å². The lowest BCUT2D eigenvalue weighted by molar-refractivity contribution is -0.143. The highest BCUT2D eigenvalue weighted by atomic mass is 19.4. The third-order valence-corrected chi connectivity index (χ3v) is 3.49. The smallest absolute Gasteiger partial charge is 0.378 e. The van der Waals surface area contributed by atoms with Gasteiger partial charge in [0, 0.05) is 5.69 Å². The maximum absolute atomic E-state index is 12.8. The second kappa shape index (κ2) is 5.98. The summed E-state index contributed by atoms with van der Waals surface area (Å²) in [6.07, 6.45) is -9.76. The Balaban J connectivity index is 1.88. The first kappa shape index (κ1) is 17.1. The van der Waals surface area contributed by atoms with E-state index in [-0.39, 0.29) is 18.3 Å². The molecule has 0 aliphatic heterocycles. The summed E-state index contributed by atoms with van der Waals surface area (Å²) in [6, 6.07) is 8.41. The molecule has 0 aliphatic carbocycles. The molecule has 3 nitrogen and oxygen atoms in total. The van der Waals surface area contributed by atoms with E-state index in [1.165, 1.54) is 0 Å². The van der Waals surface area contributed by atoms with Crippen molar-refractivity contribution >= 4 is 16.7 Å². The molecule has 0 spiro atoms. The van der Waals surface area contributed by atoms with Gasteiger partial charge in [0.2, 0.25) is 0 Å². The third-order valence-electron chi connectivity index (χ3n) is 3.49. The van der Waals surface area contributed by atoms with Crippen molar-refractivity contribution in [2.45, 2.75) is 18.9 Å². The number of nitrogens with one attached hydrogen (secondary N) is 2. The van der Waals surface area contributed by atoms with Crippen molar-refractivity contribution in [3.63, 3.8) is 0 Å². The van der Waals surface area contributed by atoms with E-state index in [1.807, 2.05) is 0 Å². The Kier molecular flexibility index (Phi) is 4.09. The normalized spacial score (nSPS) is 12.6. The van der Waals surface area contributed by atoms with Crippen LogP contribution in [0.3, 0.4) is 0 Å². The lowest BCUT2D eigenvalue weighted by Crippen LogP contribution is -2.12. The summed E-state index contributed by atoms with van der Waals surface area (Å²) in [7, 11) is 0. The second-order valence-electron chi connectivity index (χ2n) is 5.35. The monoisotopic (exact) mass is 359 g/mol. The molecular weight excluding hydrogens is 348 g/mol. The van der Waals surface area contributed by atoms with E-state index in [9.17, 15) is 26.3 Å². The van der Waals surface area contributed by atoms with E-state index in [4.69, 9.17) is 0 Å². The average molecular weight is 359 g/mol. The van der Waals surface area contributed by atoms with Gasteiger partial charge < -0.3 is 10.3 Å². The van der Waals surface area contributed by atoms with Crippen LogP contribution in [0.5, 0.6) is 0 Å². The lowest BCUT2D eigenvalue weighted by atomic mass is 10.1. The van der Waals surface area contributed by atoms with Crippen LogP contribution in [-0.2, 0) is 18.9 Å². The minimum absolute atomic E-state index is 0.0483. The molecular formula is C16H11F6N3. The summed E-state index contributed by atoms with van der Waals surface area (Å²) in [5.41, 5.74) is -1.65. The molecule has 0 aliphatic rings. The second-order valence-corrected chi connectivity index (χ2v) is 5.35. The Morgan fingerprint density at radius 2 is 1.48 bits per heavy atom. The fourth-order valence-corrected chi connectivity index (χ4v) is 2.33. The minimum Gasteiger partial charge on any atom is -0.378 e. The lowest BCUT2D eigenvalue weighted by Gasteiger charge is -2.14. The van der Waals surface area contributed by atoms with Crippen molar-refractivity contribution in [1.82, 2.24) is 9.97 Å². The molecule has 25 heavy (non-hydrogen) atoms. The maximum atomic E-state index is 12.8. The number of hydrogen-bond donors (Lipinski definition) is 2. The standard InChI is InChI=1S/C16H11F6N3/c17-15(18,19)9-5-10(16(20,21)22)7-11(6-9)23-8-14-24-12-3-1-2-4-13(12)25-14/h1-7,23H,8H2,(H,24,25). The molecule has 2 aromatic carbocycles. The number of aromatic amines is 1. The molecule has 2 N–H and O–H groups in total. The van der Waals surface area contributed by atoms with E-state index in [0.717, 1.165) is 5.52 Å². The fraction of sp³-hybridized carbons (Fsp3) is 0.188. The highest BCUT2D eigenvalue weighted by molar-refractivity contribution is 5.74. The van der Waals surface area contributed by atoms with Crippen molar-refractivity contribution in [1.29, 1.82) is 0 Å². The maximum Gasteiger partial charge on any atom is 0.416 e. The Bertz CT molecular complexity index is 830. The number of halogens is 6. The van der Waals surface area contributed by atoms with Gasteiger partial charge in [-0.3, -0.25) is 0 Å². The van der Waals surface area contributed by atoms with Gasteiger partial charge in [-0.15, -0.1) is 0 Å². The van der Waals surface area contributed by atoms with Crippen LogP contribution < -0.4 is 5.32 Å². The van der Waals surface area contributed by atoms with Crippen LogP contribution in [0.1, 0.15) is 17.0 Å². The number of H-pyrrole nitrogens is 1. The van der Waals surface area contributed by atoms with Crippen LogP contribution in [0, 0.1) is 0 Å². The summed E-state index contributed by atoms with van der Waals surface area (Å²) >= 11 is 0. The molecule has 0 atom stereocenters. The molecule has 0 fully saturated rings. The fourth-order valence-electron chi connectivity index (χ4n) is 2.33. The molecule has 0 amide bonds. The Hall–Kier alpha value is -2.71. The Morgan fingerprint density at radius 3 is 2.04 bits per heavy atom. The van der Waals surface area contributed by atoms with Gasteiger partial charge in [-0.1, -0.05) is 12.1 Å². The summed E-state index contributed by atoms with van der Waals surface area (Å²) in [4.78, 5) is 7.15. The number of para-hydroxylation sites is 2. The van der Waals surface area contributed by atoms with Gasteiger partial charge in [0.05, 0.1) is 28.7 Å². The van der Waals surface area contributed by atoms with Gasteiger partial charge in [-0.05, 0) is 30.3 Å². The largest absolute Gasteiger partial charge is 0.416 e. The first-order valence-corrected chi connectivity index (χ1v) is 7.10. The number of hydrogen-bond acceptors (Lipinski definition) is 2. The average Bonchev–Trinajstić information content (AvgIpc) is 2.94. The molecule has 3 rings (SSSR count). The molecule has 1 heterocycles. The molecule has 0 bridgehead atoms. The zero-order valence-corrected chi connectivity index (χ0v) is 12.5. The van der Waals surface area contributed by atoms with Crippen LogP contribution in [0.2, 0.25) is 0 Å². The predicted octanol–water partition coefficient (Wildman–Crippen LogP) is 5.21. The third kappa shape index (κ3) is 3.86. The van der Waals surface area contributed by atoms with Crippen molar-refractivity contribution in [3.05, 3.63) is 59.4 Å². The first-order valence-electron chi connectivity index (χ1n) is 7.10. The number of benzene rings is 2. The first-order chi connectivity index (χ1) is 11.6. The summed E-state index contributed by atoms with van der Waals surface area (Å²) < 4.78 is 77.0. The Morgan fingerprint density at radius 1 is 0.880 bits per heavy atom.